The molecule has 2 atom stereocenters. The Hall–Kier alpha value is -0.120. The molecule has 0 aromatic carbocycles. The van der Waals surface area contributed by atoms with Crippen LogP contribution in [-0.4, -0.2) is 42.8 Å². The molecule has 2 fully saturated rings. The average molecular weight is 296 g/mol. The first-order valence-corrected chi connectivity index (χ1v) is 8.73. The summed E-state index contributed by atoms with van der Waals surface area (Å²) in [5.41, 5.74) is 7.18. The molecular formula is C18H36N2O. The lowest BCUT2D eigenvalue weighted by molar-refractivity contribution is -0.157. The Morgan fingerprint density at radius 3 is 2.19 bits per heavy atom. The van der Waals surface area contributed by atoms with Crippen molar-refractivity contribution in [1.82, 2.24) is 4.90 Å². The minimum Gasteiger partial charge on any atom is -0.378 e. The van der Waals surface area contributed by atoms with E-state index in [1.54, 1.807) is 0 Å². The summed E-state index contributed by atoms with van der Waals surface area (Å²) in [5.74, 6) is 0.855. The maximum absolute atomic E-state index is 6.73. The molecule has 0 aromatic rings. The molecule has 124 valence electrons. The van der Waals surface area contributed by atoms with Gasteiger partial charge in [0.2, 0.25) is 0 Å². The fourth-order valence-electron chi connectivity index (χ4n) is 4.13. The van der Waals surface area contributed by atoms with E-state index in [1.165, 1.54) is 25.9 Å². The zero-order valence-electron chi connectivity index (χ0n) is 15.0. The minimum absolute atomic E-state index is 0.0819. The van der Waals surface area contributed by atoms with Gasteiger partial charge in [0.05, 0.1) is 6.10 Å². The van der Waals surface area contributed by atoms with E-state index in [0.29, 0.717) is 11.5 Å². The van der Waals surface area contributed by atoms with Crippen molar-refractivity contribution >= 4 is 0 Å². The summed E-state index contributed by atoms with van der Waals surface area (Å²) in [4.78, 5) is 2.59. The second kappa shape index (κ2) is 5.82. The van der Waals surface area contributed by atoms with E-state index in [9.17, 15) is 0 Å². The molecule has 2 aliphatic rings. The smallest absolute Gasteiger partial charge is 0.0662 e. The molecule has 2 rings (SSSR count). The second-order valence-electron chi connectivity index (χ2n) is 8.94. The van der Waals surface area contributed by atoms with Gasteiger partial charge in [0.1, 0.15) is 0 Å². The third kappa shape index (κ3) is 3.30. The summed E-state index contributed by atoms with van der Waals surface area (Å²) in [7, 11) is 0. The fourth-order valence-corrected chi connectivity index (χ4v) is 4.13. The SMILES string of the molecule is CCOC1CC(N)(CN2CCC(C(C)(C)C)CC2)C1(C)C. The lowest BCUT2D eigenvalue weighted by atomic mass is 9.54. The Labute approximate surface area is 131 Å². The van der Waals surface area contributed by atoms with E-state index in [1.807, 2.05) is 0 Å². The van der Waals surface area contributed by atoms with Crippen LogP contribution < -0.4 is 5.73 Å². The summed E-state index contributed by atoms with van der Waals surface area (Å²) < 4.78 is 5.84. The number of piperidine rings is 1. The molecule has 0 radical (unpaired) electrons. The van der Waals surface area contributed by atoms with Crippen LogP contribution in [0, 0.1) is 16.7 Å². The van der Waals surface area contributed by atoms with E-state index < -0.39 is 0 Å². The molecule has 1 saturated heterocycles. The Morgan fingerprint density at radius 1 is 1.19 bits per heavy atom. The van der Waals surface area contributed by atoms with Gasteiger partial charge in [-0.2, -0.15) is 0 Å². The standard InChI is InChI=1S/C18H36N2O/c1-7-21-15-12-18(19,17(15,5)6)13-20-10-8-14(9-11-20)16(2,3)4/h14-15H,7-13,19H2,1-6H3. The van der Waals surface area contributed by atoms with E-state index in [4.69, 9.17) is 10.5 Å². The van der Waals surface area contributed by atoms with Crippen molar-refractivity contribution in [3.8, 4) is 0 Å². The second-order valence-corrected chi connectivity index (χ2v) is 8.94. The first kappa shape index (κ1) is 17.2. The molecule has 0 amide bonds. The van der Waals surface area contributed by atoms with Crippen molar-refractivity contribution in [1.29, 1.82) is 0 Å². The van der Waals surface area contributed by atoms with Gasteiger partial charge in [-0.1, -0.05) is 34.6 Å². The van der Waals surface area contributed by atoms with Crippen LogP contribution in [0.4, 0.5) is 0 Å². The van der Waals surface area contributed by atoms with Crippen LogP contribution >= 0.6 is 0 Å². The summed E-state index contributed by atoms with van der Waals surface area (Å²) in [5, 5.41) is 0. The predicted octanol–water partition coefficient (Wildman–Crippen LogP) is 3.28. The van der Waals surface area contributed by atoms with Crippen LogP contribution in [-0.2, 0) is 4.74 Å². The number of rotatable bonds is 4. The Kier molecular flexibility index (Phi) is 4.78. The number of hydrogen-bond acceptors (Lipinski definition) is 3. The monoisotopic (exact) mass is 296 g/mol. The normalized spacial score (nSPS) is 34.7. The molecule has 3 heteroatoms. The number of nitrogens with zero attached hydrogens (tertiary/aromatic N) is 1. The van der Waals surface area contributed by atoms with Gasteiger partial charge < -0.3 is 15.4 Å². The highest BCUT2D eigenvalue weighted by molar-refractivity contribution is 5.15. The van der Waals surface area contributed by atoms with E-state index in [2.05, 4.69) is 46.4 Å². The van der Waals surface area contributed by atoms with Gasteiger partial charge in [0, 0.05) is 24.1 Å². The molecule has 1 heterocycles. The molecule has 1 aliphatic heterocycles. The highest BCUT2D eigenvalue weighted by atomic mass is 16.5. The van der Waals surface area contributed by atoms with Gasteiger partial charge in [-0.3, -0.25) is 0 Å². The molecule has 3 nitrogen and oxygen atoms in total. The lowest BCUT2D eigenvalue weighted by Gasteiger charge is -2.60. The predicted molar refractivity (Wildman–Crippen MR) is 89.3 cm³/mol. The molecule has 2 N–H and O–H groups in total. The van der Waals surface area contributed by atoms with E-state index in [0.717, 1.165) is 25.5 Å². The Morgan fingerprint density at radius 2 is 1.76 bits per heavy atom. The third-order valence-electron chi connectivity index (χ3n) is 6.32. The first-order chi connectivity index (χ1) is 9.60. The quantitative estimate of drug-likeness (QED) is 0.865. The maximum atomic E-state index is 6.73. The van der Waals surface area contributed by atoms with Crippen LogP contribution in [0.15, 0.2) is 0 Å². The Balaban J connectivity index is 1.87. The average Bonchev–Trinajstić information content (AvgIpc) is 2.38. The molecule has 0 bridgehead atoms. The Bertz CT molecular complexity index is 353. The van der Waals surface area contributed by atoms with Crippen LogP contribution in [0.25, 0.3) is 0 Å². The van der Waals surface area contributed by atoms with Crippen LogP contribution in [0.2, 0.25) is 0 Å². The maximum Gasteiger partial charge on any atom is 0.0662 e. The van der Waals surface area contributed by atoms with Crippen molar-refractivity contribution in [2.75, 3.05) is 26.2 Å². The molecule has 1 aliphatic carbocycles. The molecule has 21 heavy (non-hydrogen) atoms. The summed E-state index contributed by atoms with van der Waals surface area (Å²) >= 11 is 0. The summed E-state index contributed by atoms with van der Waals surface area (Å²) in [6, 6.07) is 0. The number of likely N-dealkylation sites (tertiary alicyclic amines) is 1. The van der Waals surface area contributed by atoms with Crippen LogP contribution in [0.5, 0.6) is 0 Å². The van der Waals surface area contributed by atoms with Crippen molar-refractivity contribution < 1.29 is 4.74 Å². The fraction of sp³-hybridized carbons (Fsp3) is 1.00. The van der Waals surface area contributed by atoms with Crippen molar-refractivity contribution in [2.45, 2.75) is 72.4 Å². The zero-order valence-corrected chi connectivity index (χ0v) is 15.0. The van der Waals surface area contributed by atoms with Crippen LogP contribution in [0.3, 0.4) is 0 Å². The minimum atomic E-state index is -0.0819. The molecule has 0 spiro atoms. The highest BCUT2D eigenvalue weighted by Crippen LogP contribution is 2.50. The van der Waals surface area contributed by atoms with Gasteiger partial charge in [0.25, 0.3) is 0 Å². The largest absolute Gasteiger partial charge is 0.378 e. The number of ether oxygens (including phenoxy) is 1. The van der Waals surface area contributed by atoms with E-state index in [-0.39, 0.29) is 11.0 Å². The van der Waals surface area contributed by atoms with Crippen molar-refractivity contribution in [3.63, 3.8) is 0 Å². The third-order valence-corrected chi connectivity index (χ3v) is 6.32. The van der Waals surface area contributed by atoms with Gasteiger partial charge >= 0.3 is 0 Å². The molecular weight excluding hydrogens is 260 g/mol. The molecule has 2 unspecified atom stereocenters. The van der Waals surface area contributed by atoms with Gasteiger partial charge in [-0.05, 0) is 50.6 Å². The zero-order chi connectivity index (χ0) is 15.9. The van der Waals surface area contributed by atoms with Crippen LogP contribution in [0.1, 0.15) is 60.8 Å². The topological polar surface area (TPSA) is 38.5 Å². The van der Waals surface area contributed by atoms with Gasteiger partial charge in [-0.15, -0.1) is 0 Å². The molecule has 0 aromatic heterocycles. The van der Waals surface area contributed by atoms with E-state index >= 15 is 0 Å². The summed E-state index contributed by atoms with van der Waals surface area (Å²) in [6.45, 7) is 18.0. The van der Waals surface area contributed by atoms with Crippen molar-refractivity contribution in [2.24, 2.45) is 22.5 Å². The first-order valence-electron chi connectivity index (χ1n) is 8.73. The molecule has 1 saturated carbocycles. The number of nitrogens with two attached hydrogens (primary N) is 1. The number of hydrogen-bond donors (Lipinski definition) is 1. The lowest BCUT2D eigenvalue weighted by Crippen LogP contribution is -2.73. The van der Waals surface area contributed by atoms with Gasteiger partial charge in [-0.25, -0.2) is 0 Å². The highest BCUT2D eigenvalue weighted by Gasteiger charge is 2.58. The van der Waals surface area contributed by atoms with Gasteiger partial charge in [0.15, 0.2) is 0 Å². The summed E-state index contributed by atoms with van der Waals surface area (Å²) in [6.07, 6.45) is 3.97. The van der Waals surface area contributed by atoms with Crippen molar-refractivity contribution in [3.05, 3.63) is 0 Å².